The van der Waals surface area contributed by atoms with Gasteiger partial charge in [0, 0.05) is 5.41 Å². The summed E-state index contributed by atoms with van der Waals surface area (Å²) >= 11 is 0. The molecule has 0 heteroatoms. The maximum Gasteiger partial charge on any atom is 0.0100 e. The Morgan fingerprint density at radius 3 is 2.55 bits per heavy atom. The van der Waals surface area contributed by atoms with Gasteiger partial charge in [0.2, 0.25) is 0 Å². The first kappa shape index (κ1) is 14.4. The summed E-state index contributed by atoms with van der Waals surface area (Å²) < 4.78 is 0. The second kappa shape index (κ2) is 4.49. The molecule has 0 aromatic heterocycles. The second-order valence-corrected chi connectivity index (χ2v) is 8.85. The standard InChI is InChI=1S/C20H32/c1-6-19(4)13-10-16-15(14-19)8-9-17-18(2,3)11-7-12-20(16,17)5/h9-10,15H,6-8,11-14H2,1-5H3/t15?,19-,20-/m1/s1. The lowest BCUT2D eigenvalue weighted by atomic mass is 9.51. The van der Waals surface area contributed by atoms with Crippen molar-refractivity contribution in [2.45, 2.75) is 79.6 Å². The number of rotatable bonds is 1. The van der Waals surface area contributed by atoms with Gasteiger partial charge in [-0.1, -0.05) is 70.8 Å². The van der Waals surface area contributed by atoms with E-state index in [1.54, 1.807) is 5.57 Å². The van der Waals surface area contributed by atoms with Crippen molar-refractivity contribution in [3.63, 3.8) is 0 Å². The lowest BCUT2D eigenvalue weighted by molar-refractivity contribution is 0.162. The first-order chi connectivity index (χ1) is 9.31. The van der Waals surface area contributed by atoms with Crippen LogP contribution in [-0.4, -0.2) is 0 Å². The Labute approximate surface area is 125 Å². The molecule has 0 saturated heterocycles. The fourth-order valence-electron chi connectivity index (χ4n) is 5.45. The summed E-state index contributed by atoms with van der Waals surface area (Å²) in [5, 5.41) is 0. The molecule has 0 heterocycles. The van der Waals surface area contributed by atoms with Gasteiger partial charge in [0.25, 0.3) is 0 Å². The van der Waals surface area contributed by atoms with Crippen LogP contribution in [0.5, 0.6) is 0 Å². The maximum absolute atomic E-state index is 2.66. The summed E-state index contributed by atoms with van der Waals surface area (Å²) in [6, 6.07) is 0. The predicted molar refractivity (Wildman–Crippen MR) is 87.6 cm³/mol. The topological polar surface area (TPSA) is 0 Å². The fraction of sp³-hybridized carbons (Fsp3) is 0.800. The van der Waals surface area contributed by atoms with Crippen molar-refractivity contribution in [3.05, 3.63) is 23.3 Å². The maximum atomic E-state index is 2.66. The minimum atomic E-state index is 0.389. The molecule has 0 nitrogen and oxygen atoms in total. The lowest BCUT2D eigenvalue weighted by Crippen LogP contribution is -2.42. The number of allylic oxidation sites excluding steroid dienone is 4. The highest BCUT2D eigenvalue weighted by atomic mass is 14.5. The molecule has 0 aromatic rings. The molecule has 3 aliphatic carbocycles. The third-order valence-corrected chi connectivity index (χ3v) is 6.89. The summed E-state index contributed by atoms with van der Waals surface area (Å²) in [6.45, 7) is 12.3. The number of fused-ring (bicyclic) bond motifs is 3. The van der Waals surface area contributed by atoms with Gasteiger partial charge in [-0.3, -0.25) is 0 Å². The Balaban J connectivity index is 2.00. The Morgan fingerprint density at radius 2 is 1.85 bits per heavy atom. The summed E-state index contributed by atoms with van der Waals surface area (Å²) in [7, 11) is 0. The van der Waals surface area contributed by atoms with Crippen molar-refractivity contribution in [1.29, 1.82) is 0 Å². The number of hydrogen-bond donors (Lipinski definition) is 0. The predicted octanol–water partition coefficient (Wildman–Crippen LogP) is 6.29. The molecule has 0 aliphatic heterocycles. The summed E-state index contributed by atoms with van der Waals surface area (Å²) in [5.41, 5.74) is 4.94. The van der Waals surface area contributed by atoms with Crippen molar-refractivity contribution < 1.29 is 0 Å². The zero-order chi connectivity index (χ0) is 14.6. The zero-order valence-electron chi connectivity index (χ0n) is 14.2. The summed E-state index contributed by atoms with van der Waals surface area (Å²) in [6.07, 6.45) is 14.8. The van der Waals surface area contributed by atoms with Crippen LogP contribution in [-0.2, 0) is 0 Å². The van der Waals surface area contributed by atoms with Crippen LogP contribution in [0.4, 0.5) is 0 Å². The van der Waals surface area contributed by atoms with Gasteiger partial charge in [-0.15, -0.1) is 0 Å². The highest BCUT2D eigenvalue weighted by Gasteiger charge is 2.49. The van der Waals surface area contributed by atoms with Crippen molar-refractivity contribution in [1.82, 2.24) is 0 Å². The van der Waals surface area contributed by atoms with E-state index in [9.17, 15) is 0 Å². The molecule has 1 unspecified atom stereocenters. The molecular formula is C20H32. The van der Waals surface area contributed by atoms with Crippen molar-refractivity contribution in [2.24, 2.45) is 22.2 Å². The SMILES string of the molecule is CC[C@]1(C)CC=C2C(CC=C3C(C)(C)CCC[C@]23C)C1. The van der Waals surface area contributed by atoms with Crippen LogP contribution in [0.3, 0.4) is 0 Å². The van der Waals surface area contributed by atoms with Gasteiger partial charge in [-0.25, -0.2) is 0 Å². The molecule has 0 bridgehead atoms. The molecule has 0 spiro atoms. The Bertz CT molecular complexity index is 464. The molecule has 0 N–H and O–H groups in total. The van der Waals surface area contributed by atoms with Crippen LogP contribution in [0, 0.1) is 22.2 Å². The lowest BCUT2D eigenvalue weighted by Gasteiger charge is -2.54. The van der Waals surface area contributed by atoms with Gasteiger partial charge in [0.1, 0.15) is 0 Å². The van der Waals surface area contributed by atoms with Gasteiger partial charge in [0.05, 0.1) is 0 Å². The van der Waals surface area contributed by atoms with Crippen LogP contribution in [0.25, 0.3) is 0 Å². The fourth-order valence-corrected chi connectivity index (χ4v) is 5.45. The Hall–Kier alpha value is -0.520. The first-order valence-corrected chi connectivity index (χ1v) is 8.72. The minimum absolute atomic E-state index is 0.389. The molecule has 3 atom stereocenters. The molecule has 0 aromatic carbocycles. The second-order valence-electron chi connectivity index (χ2n) is 8.85. The smallest absolute Gasteiger partial charge is 0.0100 e. The minimum Gasteiger partial charge on any atom is -0.0836 e. The molecule has 112 valence electrons. The van der Waals surface area contributed by atoms with Crippen molar-refractivity contribution in [2.75, 3.05) is 0 Å². The highest BCUT2D eigenvalue weighted by Crippen LogP contribution is 2.61. The van der Waals surface area contributed by atoms with E-state index in [0.717, 1.165) is 5.92 Å². The quantitative estimate of drug-likeness (QED) is 0.492. The molecule has 3 aliphatic rings. The first-order valence-electron chi connectivity index (χ1n) is 8.72. The van der Waals surface area contributed by atoms with E-state index < -0.39 is 0 Å². The summed E-state index contributed by atoms with van der Waals surface area (Å²) in [5.74, 6) is 0.830. The van der Waals surface area contributed by atoms with Crippen molar-refractivity contribution in [3.8, 4) is 0 Å². The largest absolute Gasteiger partial charge is 0.0836 e. The molecule has 1 fully saturated rings. The molecular weight excluding hydrogens is 240 g/mol. The van der Waals surface area contributed by atoms with E-state index in [-0.39, 0.29) is 0 Å². The Morgan fingerprint density at radius 1 is 1.10 bits per heavy atom. The van der Waals surface area contributed by atoms with Gasteiger partial charge >= 0.3 is 0 Å². The van der Waals surface area contributed by atoms with E-state index in [4.69, 9.17) is 0 Å². The van der Waals surface area contributed by atoms with E-state index in [1.807, 2.05) is 5.57 Å². The van der Waals surface area contributed by atoms with Crippen LogP contribution in [0.2, 0.25) is 0 Å². The monoisotopic (exact) mass is 272 g/mol. The van der Waals surface area contributed by atoms with Gasteiger partial charge in [-0.05, 0) is 48.9 Å². The Kier molecular flexibility index (Phi) is 3.23. The summed E-state index contributed by atoms with van der Waals surface area (Å²) in [4.78, 5) is 0. The average molecular weight is 272 g/mol. The van der Waals surface area contributed by atoms with Crippen LogP contribution in [0.15, 0.2) is 23.3 Å². The van der Waals surface area contributed by atoms with Crippen LogP contribution in [0.1, 0.15) is 79.6 Å². The van der Waals surface area contributed by atoms with Crippen LogP contribution >= 0.6 is 0 Å². The van der Waals surface area contributed by atoms with Crippen LogP contribution < -0.4 is 0 Å². The third kappa shape index (κ3) is 2.02. The third-order valence-electron chi connectivity index (χ3n) is 6.89. The normalized spacial score (nSPS) is 43.1. The van der Waals surface area contributed by atoms with Crippen molar-refractivity contribution >= 4 is 0 Å². The molecule has 3 rings (SSSR count). The number of hydrogen-bond acceptors (Lipinski definition) is 0. The van der Waals surface area contributed by atoms with Gasteiger partial charge in [0.15, 0.2) is 0 Å². The average Bonchev–Trinajstić information content (AvgIpc) is 2.37. The van der Waals surface area contributed by atoms with E-state index >= 15 is 0 Å². The zero-order valence-corrected chi connectivity index (χ0v) is 14.2. The van der Waals surface area contributed by atoms with Gasteiger partial charge in [-0.2, -0.15) is 0 Å². The molecule has 0 amide bonds. The van der Waals surface area contributed by atoms with E-state index in [0.29, 0.717) is 16.2 Å². The van der Waals surface area contributed by atoms with E-state index in [2.05, 4.69) is 46.8 Å². The molecule has 1 saturated carbocycles. The molecule has 20 heavy (non-hydrogen) atoms. The van der Waals surface area contributed by atoms with E-state index in [1.165, 1.54) is 44.9 Å². The highest BCUT2D eigenvalue weighted by molar-refractivity contribution is 5.40. The van der Waals surface area contributed by atoms with Gasteiger partial charge < -0.3 is 0 Å². The molecule has 0 radical (unpaired) electrons.